The highest BCUT2D eigenvalue weighted by atomic mass is 35.5. The molecular formula is C24H24Cl3N3O3. The number of benzene rings is 2. The van der Waals surface area contributed by atoms with Crippen molar-refractivity contribution in [1.29, 1.82) is 0 Å². The number of aromatic nitrogens is 2. The average molecular weight is 509 g/mol. The molecule has 0 radical (unpaired) electrons. The Kier molecular flexibility index (Phi) is 8.40. The number of hydrogen-bond acceptors (Lipinski definition) is 3. The molecule has 0 unspecified atom stereocenters. The lowest BCUT2D eigenvalue weighted by atomic mass is 10.1. The molecule has 0 aliphatic carbocycles. The fourth-order valence-electron chi connectivity index (χ4n) is 3.56. The minimum Gasteiger partial charge on any atom is -0.331 e. The van der Waals surface area contributed by atoms with Crippen molar-refractivity contribution in [3.63, 3.8) is 0 Å². The van der Waals surface area contributed by atoms with Crippen LogP contribution in [0.15, 0.2) is 47.3 Å². The smallest absolute Gasteiger partial charge is 0.282 e. The Labute approximate surface area is 207 Å². The number of aromatic amines is 1. The molecule has 33 heavy (non-hydrogen) atoms. The summed E-state index contributed by atoms with van der Waals surface area (Å²) in [5.41, 5.74) is 1.05. The molecule has 1 aromatic heterocycles. The summed E-state index contributed by atoms with van der Waals surface area (Å²) in [6, 6.07) is 11.3. The Morgan fingerprint density at radius 2 is 1.67 bits per heavy atom. The maximum atomic E-state index is 13.3. The number of rotatable bonds is 9. The van der Waals surface area contributed by atoms with Crippen LogP contribution in [0, 0.1) is 0 Å². The van der Waals surface area contributed by atoms with Gasteiger partial charge in [0.05, 0.1) is 22.3 Å². The maximum absolute atomic E-state index is 13.3. The molecule has 0 atom stereocenters. The second-order valence-corrected chi connectivity index (χ2v) is 8.86. The summed E-state index contributed by atoms with van der Waals surface area (Å²) < 4.78 is 1.33. The third-order valence-corrected chi connectivity index (χ3v) is 6.10. The highest BCUT2D eigenvalue weighted by Crippen LogP contribution is 2.23. The lowest BCUT2D eigenvalue weighted by molar-refractivity contribution is 0.0709. The Hall–Kier alpha value is -2.54. The van der Waals surface area contributed by atoms with Crippen molar-refractivity contribution in [3.8, 4) is 5.69 Å². The van der Waals surface area contributed by atoms with Crippen LogP contribution >= 0.6 is 34.8 Å². The third kappa shape index (κ3) is 5.69. The molecule has 0 aliphatic heterocycles. The lowest BCUT2D eigenvalue weighted by Crippen LogP contribution is -2.38. The van der Waals surface area contributed by atoms with E-state index in [4.69, 9.17) is 34.8 Å². The van der Waals surface area contributed by atoms with Gasteiger partial charge in [-0.1, -0.05) is 55.1 Å². The molecule has 3 aromatic rings. The van der Waals surface area contributed by atoms with Crippen LogP contribution < -0.4 is 5.56 Å². The zero-order valence-electron chi connectivity index (χ0n) is 18.3. The maximum Gasteiger partial charge on any atom is 0.282 e. The molecule has 1 heterocycles. The van der Waals surface area contributed by atoms with E-state index in [0.29, 0.717) is 46.4 Å². The molecule has 0 aliphatic rings. The molecule has 2 aromatic carbocycles. The molecule has 0 saturated carbocycles. The van der Waals surface area contributed by atoms with Crippen LogP contribution in [0.4, 0.5) is 0 Å². The Balaban J connectivity index is 1.94. The minimum absolute atomic E-state index is 0.0647. The highest BCUT2D eigenvalue weighted by molar-refractivity contribution is 6.42. The summed E-state index contributed by atoms with van der Waals surface area (Å²) in [5.74, 6) is -0.774. The van der Waals surface area contributed by atoms with Gasteiger partial charge in [0.15, 0.2) is 5.78 Å². The number of carbonyl (C=O) groups excluding carboxylic acids is 2. The lowest BCUT2D eigenvalue weighted by Gasteiger charge is -2.21. The van der Waals surface area contributed by atoms with E-state index in [0.717, 1.165) is 6.42 Å². The average Bonchev–Trinajstić information content (AvgIpc) is 3.11. The number of hydrogen-bond donors (Lipinski definition) is 1. The van der Waals surface area contributed by atoms with Crippen LogP contribution in [-0.4, -0.2) is 39.5 Å². The molecule has 0 spiro atoms. The molecule has 9 heteroatoms. The molecule has 174 valence electrons. The normalized spacial score (nSPS) is 10.9. The molecule has 0 bridgehead atoms. The van der Waals surface area contributed by atoms with Gasteiger partial charge in [-0.05, 0) is 55.3 Å². The van der Waals surface area contributed by atoms with E-state index >= 15 is 0 Å². The first-order valence-electron chi connectivity index (χ1n) is 10.6. The standard InChI is InChI=1S/C24H24Cl3N3O3/c1-3-5-20-22(24(33)30(28-20)17-9-7-16(25)8-10-17)21(31)14-29(12-4-2)23(32)15-6-11-18(26)19(27)13-15/h6-11,13,28H,3-5,12,14H2,1-2H3. The van der Waals surface area contributed by atoms with Crippen LogP contribution in [0.25, 0.3) is 5.69 Å². The van der Waals surface area contributed by atoms with E-state index in [9.17, 15) is 14.4 Å². The quantitative estimate of drug-likeness (QED) is 0.370. The SMILES string of the molecule is CCCc1[nH]n(-c2ccc(Cl)cc2)c(=O)c1C(=O)CN(CCC)C(=O)c1ccc(Cl)c(Cl)c1. The second-order valence-electron chi connectivity index (χ2n) is 7.61. The molecule has 0 saturated heterocycles. The number of nitrogens with zero attached hydrogens (tertiary/aromatic N) is 2. The molecule has 0 fully saturated rings. The molecular weight excluding hydrogens is 485 g/mol. The topological polar surface area (TPSA) is 75.2 Å². The summed E-state index contributed by atoms with van der Waals surface area (Å²) in [6.07, 6.45) is 1.90. The largest absolute Gasteiger partial charge is 0.331 e. The third-order valence-electron chi connectivity index (χ3n) is 5.11. The van der Waals surface area contributed by atoms with Crippen LogP contribution in [0.2, 0.25) is 15.1 Å². The summed E-state index contributed by atoms with van der Waals surface area (Å²) in [5, 5.41) is 4.19. The van der Waals surface area contributed by atoms with E-state index < -0.39 is 11.3 Å². The van der Waals surface area contributed by atoms with E-state index in [-0.39, 0.29) is 23.0 Å². The summed E-state index contributed by atoms with van der Waals surface area (Å²) in [7, 11) is 0. The van der Waals surface area contributed by atoms with Crippen molar-refractivity contribution in [2.75, 3.05) is 13.1 Å². The predicted octanol–water partition coefficient (Wildman–Crippen LogP) is 5.81. The fourth-order valence-corrected chi connectivity index (χ4v) is 3.98. The van der Waals surface area contributed by atoms with Gasteiger partial charge < -0.3 is 4.90 Å². The highest BCUT2D eigenvalue weighted by Gasteiger charge is 2.26. The van der Waals surface area contributed by atoms with E-state index in [1.54, 1.807) is 36.4 Å². The minimum atomic E-state index is -0.454. The molecule has 3 rings (SSSR count). The number of ketones is 1. The van der Waals surface area contributed by atoms with Crippen molar-refractivity contribution < 1.29 is 9.59 Å². The monoisotopic (exact) mass is 507 g/mol. The van der Waals surface area contributed by atoms with Gasteiger partial charge in [-0.2, -0.15) is 0 Å². The van der Waals surface area contributed by atoms with Crippen LogP contribution in [0.1, 0.15) is 53.1 Å². The number of Topliss-reactive ketones (excluding diaryl/α,β-unsaturated/α-hetero) is 1. The Morgan fingerprint density at radius 3 is 2.27 bits per heavy atom. The zero-order valence-corrected chi connectivity index (χ0v) is 20.6. The first-order chi connectivity index (χ1) is 15.8. The van der Waals surface area contributed by atoms with Crippen molar-refractivity contribution in [3.05, 3.63) is 84.7 Å². The van der Waals surface area contributed by atoms with Crippen molar-refractivity contribution in [2.24, 2.45) is 0 Å². The zero-order chi connectivity index (χ0) is 24.1. The summed E-state index contributed by atoms with van der Waals surface area (Å²) in [6.45, 7) is 4.00. The number of amides is 1. The van der Waals surface area contributed by atoms with Gasteiger partial charge in [0.1, 0.15) is 5.56 Å². The van der Waals surface area contributed by atoms with Crippen LogP contribution in [0.5, 0.6) is 0 Å². The second kappa shape index (κ2) is 11.1. The van der Waals surface area contributed by atoms with Gasteiger partial charge in [0, 0.05) is 22.8 Å². The van der Waals surface area contributed by atoms with Crippen LogP contribution in [-0.2, 0) is 6.42 Å². The summed E-state index contributed by atoms with van der Waals surface area (Å²) >= 11 is 18.0. The number of halogens is 3. The van der Waals surface area contributed by atoms with Crippen LogP contribution in [0.3, 0.4) is 0 Å². The van der Waals surface area contributed by atoms with Gasteiger partial charge in [-0.3, -0.25) is 19.5 Å². The van der Waals surface area contributed by atoms with Crippen molar-refractivity contribution in [2.45, 2.75) is 33.1 Å². The van der Waals surface area contributed by atoms with Gasteiger partial charge in [0.25, 0.3) is 11.5 Å². The molecule has 6 nitrogen and oxygen atoms in total. The first kappa shape index (κ1) is 25.1. The van der Waals surface area contributed by atoms with E-state index in [2.05, 4.69) is 5.10 Å². The number of aryl methyl sites for hydroxylation is 1. The number of nitrogens with one attached hydrogen (secondary N) is 1. The number of carbonyl (C=O) groups is 2. The molecule has 1 amide bonds. The van der Waals surface area contributed by atoms with Gasteiger partial charge in [0.2, 0.25) is 0 Å². The first-order valence-corrected chi connectivity index (χ1v) is 11.8. The number of H-pyrrole nitrogens is 1. The van der Waals surface area contributed by atoms with E-state index in [1.807, 2.05) is 13.8 Å². The predicted molar refractivity (Wildman–Crippen MR) is 132 cm³/mol. The van der Waals surface area contributed by atoms with E-state index in [1.165, 1.54) is 15.6 Å². The Morgan fingerprint density at radius 1 is 0.970 bits per heavy atom. The van der Waals surface area contributed by atoms with Crippen molar-refractivity contribution >= 4 is 46.5 Å². The molecule has 1 N–H and O–H groups in total. The van der Waals surface area contributed by atoms with Gasteiger partial charge >= 0.3 is 0 Å². The van der Waals surface area contributed by atoms with Gasteiger partial charge in [-0.25, -0.2) is 4.68 Å². The Bertz CT molecular complexity index is 1220. The summed E-state index contributed by atoms with van der Waals surface area (Å²) in [4.78, 5) is 41.0. The van der Waals surface area contributed by atoms with Crippen molar-refractivity contribution in [1.82, 2.24) is 14.7 Å². The fraction of sp³-hybridized carbons (Fsp3) is 0.292. The van der Waals surface area contributed by atoms with Gasteiger partial charge in [-0.15, -0.1) is 0 Å².